The summed E-state index contributed by atoms with van der Waals surface area (Å²) >= 11 is 6.96. The molecule has 0 spiro atoms. The van der Waals surface area contributed by atoms with E-state index in [-0.39, 0.29) is 54.1 Å². The predicted octanol–water partition coefficient (Wildman–Crippen LogP) is 9.41. The van der Waals surface area contributed by atoms with Crippen molar-refractivity contribution in [3.05, 3.63) is 153 Å². The molecule has 5 aromatic rings. The Morgan fingerprint density at radius 2 is 1.72 bits per heavy atom. The molecular weight excluding hydrogens is 914 g/mol. The lowest BCUT2D eigenvalue weighted by molar-refractivity contribution is -0.120. The van der Waals surface area contributed by atoms with Gasteiger partial charge in [0.1, 0.15) is 29.1 Å². The number of phenolic OH excluding ortho intramolecular Hbond substituents is 1. The lowest BCUT2D eigenvalue weighted by Crippen LogP contribution is -2.31. The number of hydrogen-bond donors (Lipinski definition) is 6. The van der Waals surface area contributed by atoms with E-state index in [4.69, 9.17) is 27.1 Å². The summed E-state index contributed by atoms with van der Waals surface area (Å²) in [5.41, 5.74) is 18.0. The van der Waals surface area contributed by atoms with E-state index in [0.717, 1.165) is 81.8 Å². The van der Waals surface area contributed by atoms with E-state index in [9.17, 15) is 19.5 Å². The number of nitrogens with zero attached hydrogens (tertiary/aromatic N) is 4. The van der Waals surface area contributed by atoms with Crippen LogP contribution in [0.25, 0.3) is 28.3 Å². The second kappa shape index (κ2) is 22.5. The molecule has 0 saturated carbocycles. The van der Waals surface area contributed by atoms with Crippen molar-refractivity contribution >= 4 is 47.2 Å². The molecule has 0 radical (unpaired) electrons. The van der Waals surface area contributed by atoms with E-state index < -0.39 is 0 Å². The third kappa shape index (κ3) is 11.6. The number of unbranched alkanes of at least 4 members (excludes halogenated alkanes) is 3. The summed E-state index contributed by atoms with van der Waals surface area (Å²) in [7, 11) is 2.10. The number of aryl methyl sites for hydroxylation is 2. The van der Waals surface area contributed by atoms with Crippen molar-refractivity contribution in [2.45, 2.75) is 84.6 Å². The molecule has 0 bridgehead atoms. The molecule has 3 amide bonds. The van der Waals surface area contributed by atoms with Crippen molar-refractivity contribution in [3.63, 3.8) is 0 Å². The van der Waals surface area contributed by atoms with Gasteiger partial charge in [0, 0.05) is 102 Å². The number of ether oxygens (including phenoxy) is 1. The van der Waals surface area contributed by atoms with Gasteiger partial charge in [-0.15, -0.1) is 0 Å². The molecule has 8 rings (SSSR count). The average molecular weight is 977 g/mol. The van der Waals surface area contributed by atoms with Crippen LogP contribution in [-0.2, 0) is 18.3 Å². The number of carbonyl (C=O) groups excluding carboxylic acids is 3. The van der Waals surface area contributed by atoms with Crippen LogP contribution in [0.15, 0.2) is 124 Å². The van der Waals surface area contributed by atoms with Crippen molar-refractivity contribution in [1.82, 2.24) is 35.8 Å². The monoisotopic (exact) mass is 975 g/mol. The van der Waals surface area contributed by atoms with Gasteiger partial charge in [-0.2, -0.15) is 0 Å². The predicted molar refractivity (Wildman–Crippen MR) is 281 cm³/mol. The summed E-state index contributed by atoms with van der Waals surface area (Å²) in [5.74, 6) is 0.801. The fraction of sp³-hybridized carbons (Fsp3) is 0.321. The molecule has 3 unspecified atom stereocenters. The highest BCUT2D eigenvalue weighted by Gasteiger charge is 2.38. The first kappa shape index (κ1) is 50.0. The Morgan fingerprint density at radius 1 is 0.930 bits per heavy atom. The second-order valence-corrected chi connectivity index (χ2v) is 18.8. The van der Waals surface area contributed by atoms with Crippen LogP contribution in [0, 0.1) is 12.8 Å². The van der Waals surface area contributed by atoms with Crippen molar-refractivity contribution < 1.29 is 24.2 Å². The number of benzene rings is 2. The van der Waals surface area contributed by atoms with Crippen LogP contribution < -0.4 is 31.7 Å². The Bertz CT molecular complexity index is 2970. The Morgan fingerprint density at radius 3 is 2.49 bits per heavy atom. The molecule has 4 heterocycles. The highest BCUT2D eigenvalue weighted by Crippen LogP contribution is 2.45. The fourth-order valence-corrected chi connectivity index (χ4v) is 10.1. The molecule has 0 fully saturated rings. The van der Waals surface area contributed by atoms with Gasteiger partial charge in [-0.25, -0.2) is 9.98 Å². The molecule has 3 aromatic heterocycles. The molecule has 2 aromatic carbocycles. The SMILES string of the molecule is CCc1c(-c2ccc(C(=O)NCCC(=O)NC/C=C/CCCCCNC(=O)c3cc(OC4=NC5C(=CC(Cl)=C(C6=Cc7ccn(C)c7C(C)C6)C5C)N4)ccc3C)nc2)cnc(N)c1-c1ccc(O)cc1. The zero-order valence-electron chi connectivity index (χ0n) is 40.9. The molecular formula is C56H62ClN9O5. The topological polar surface area (TPSA) is 198 Å². The molecule has 1 aliphatic heterocycles. The number of pyridine rings is 2. The molecule has 3 atom stereocenters. The van der Waals surface area contributed by atoms with Gasteiger partial charge < -0.3 is 41.4 Å². The number of amides is 3. The molecule has 2 aliphatic carbocycles. The van der Waals surface area contributed by atoms with E-state index in [1.165, 1.54) is 16.8 Å². The van der Waals surface area contributed by atoms with Crippen LogP contribution in [0.2, 0.25) is 0 Å². The lowest BCUT2D eigenvalue weighted by atomic mass is 9.77. The Labute approximate surface area is 420 Å². The van der Waals surface area contributed by atoms with Gasteiger partial charge in [0.15, 0.2) is 0 Å². The highest BCUT2D eigenvalue weighted by atomic mass is 35.5. The first-order valence-electron chi connectivity index (χ1n) is 24.4. The maximum Gasteiger partial charge on any atom is 0.295 e. The quantitative estimate of drug-likeness (QED) is 0.0366. The van der Waals surface area contributed by atoms with Crippen LogP contribution in [-0.4, -0.2) is 69.1 Å². The number of rotatable bonds is 18. The largest absolute Gasteiger partial charge is 0.508 e. The number of carbonyl (C=O) groups is 3. The molecule has 71 heavy (non-hydrogen) atoms. The van der Waals surface area contributed by atoms with E-state index in [1.807, 2.05) is 50.3 Å². The normalized spacial score (nSPS) is 17.2. The van der Waals surface area contributed by atoms with E-state index >= 15 is 0 Å². The van der Waals surface area contributed by atoms with Crippen LogP contribution in [0.5, 0.6) is 11.5 Å². The van der Waals surface area contributed by atoms with Crippen molar-refractivity contribution in [3.8, 4) is 33.8 Å². The number of nitrogen functional groups attached to an aromatic ring is 1. The number of hydrogen-bond acceptors (Lipinski definition) is 10. The smallest absolute Gasteiger partial charge is 0.295 e. The number of anilines is 1. The van der Waals surface area contributed by atoms with Crippen molar-refractivity contribution in [2.75, 3.05) is 25.4 Å². The number of halogens is 1. The van der Waals surface area contributed by atoms with Crippen LogP contribution in [0.3, 0.4) is 0 Å². The number of nitrogens with two attached hydrogens (primary N) is 1. The summed E-state index contributed by atoms with van der Waals surface area (Å²) in [5, 5.41) is 22.5. The maximum absolute atomic E-state index is 13.3. The summed E-state index contributed by atoms with van der Waals surface area (Å²) in [4.78, 5) is 52.3. The molecule has 0 saturated heterocycles. The Hall–Kier alpha value is -7.45. The van der Waals surface area contributed by atoms with Gasteiger partial charge in [0.2, 0.25) is 5.91 Å². The first-order chi connectivity index (χ1) is 34.3. The Kier molecular flexibility index (Phi) is 15.9. The minimum absolute atomic E-state index is 0.0466. The summed E-state index contributed by atoms with van der Waals surface area (Å²) in [6.45, 7) is 9.48. The number of aliphatic imine (C=N–C) groups is 1. The number of fused-ring (bicyclic) bond motifs is 2. The second-order valence-electron chi connectivity index (χ2n) is 18.4. The summed E-state index contributed by atoms with van der Waals surface area (Å²) in [6.07, 6.45) is 18.9. The number of aromatic hydroxyl groups is 1. The third-order valence-corrected chi connectivity index (χ3v) is 13.7. The number of phenols is 1. The van der Waals surface area contributed by atoms with Gasteiger partial charge in [0.25, 0.3) is 17.8 Å². The molecule has 368 valence electrons. The average Bonchev–Trinajstić information content (AvgIpc) is 3.95. The van der Waals surface area contributed by atoms with E-state index in [0.29, 0.717) is 48.6 Å². The molecule has 7 N–H and O–H groups in total. The van der Waals surface area contributed by atoms with Crippen LogP contribution in [0.1, 0.15) is 108 Å². The number of aromatic nitrogens is 3. The highest BCUT2D eigenvalue weighted by molar-refractivity contribution is 6.32. The first-order valence-corrected chi connectivity index (χ1v) is 24.8. The zero-order chi connectivity index (χ0) is 50.2. The van der Waals surface area contributed by atoms with Gasteiger partial charge in [-0.3, -0.25) is 19.4 Å². The number of amidine groups is 1. The fourth-order valence-electron chi connectivity index (χ4n) is 9.74. The van der Waals surface area contributed by atoms with E-state index in [2.05, 4.69) is 75.0 Å². The van der Waals surface area contributed by atoms with Gasteiger partial charge in [-0.1, -0.05) is 75.2 Å². The van der Waals surface area contributed by atoms with Gasteiger partial charge >= 0.3 is 0 Å². The standard InChI is InChI=1S/C56H62ClN9O5/c1-6-42-44(32-63-53(58)50(42)36-14-17-40(67)18-15-36)38-16-20-46(62-31-38)55(70)61-25-21-48(68)59-23-11-9-7-8-10-12-24-60-54(69)43-29-41(19-13-33(43)2)71-56-64-47-30-45(57)49(35(4)51(47)65-56)39-27-34(3)52-37(28-39)22-26-66(52)5/h9,11,13-20,22,26,28-32,34-35,51,67H,6-8,10,12,21,23-25,27H2,1-5H3,(H2,58,63)(H,59,68)(H,60,69)(H,61,70)(H,64,65)/b11-9+. The maximum atomic E-state index is 13.3. The Balaban J connectivity index is 0.706. The number of allylic oxidation sites excluding steroid dienone is 4. The third-order valence-electron chi connectivity index (χ3n) is 13.4. The minimum Gasteiger partial charge on any atom is -0.508 e. The lowest BCUT2D eigenvalue weighted by Gasteiger charge is -2.31. The summed E-state index contributed by atoms with van der Waals surface area (Å²) in [6, 6.07) is 18.2. The molecule has 15 heteroatoms. The molecule has 14 nitrogen and oxygen atoms in total. The van der Waals surface area contributed by atoms with Crippen LogP contribution in [0.4, 0.5) is 5.82 Å². The van der Waals surface area contributed by atoms with Crippen molar-refractivity contribution in [1.29, 1.82) is 0 Å². The zero-order valence-corrected chi connectivity index (χ0v) is 41.7. The van der Waals surface area contributed by atoms with Gasteiger partial charge in [0.05, 0.1) is 0 Å². The van der Waals surface area contributed by atoms with E-state index in [1.54, 1.807) is 48.8 Å². The molecule has 3 aliphatic rings. The number of nitrogens with one attached hydrogen (secondary N) is 4. The van der Waals surface area contributed by atoms with Crippen molar-refractivity contribution in [2.24, 2.45) is 18.0 Å². The minimum atomic E-state index is -0.375. The summed E-state index contributed by atoms with van der Waals surface area (Å²) < 4.78 is 8.42. The van der Waals surface area contributed by atoms with Crippen LogP contribution >= 0.6 is 11.6 Å². The van der Waals surface area contributed by atoms with Gasteiger partial charge in [-0.05, 0) is 121 Å².